The molecule has 3 aromatic rings. The molecular formula is C23H25N5O. The summed E-state index contributed by atoms with van der Waals surface area (Å²) in [4.78, 5) is 22.7. The molecule has 6 heteroatoms. The van der Waals surface area contributed by atoms with Gasteiger partial charge < -0.3 is 15.2 Å². The highest BCUT2D eigenvalue weighted by Crippen LogP contribution is 2.29. The molecule has 1 aromatic carbocycles. The van der Waals surface area contributed by atoms with Crippen molar-refractivity contribution in [3.05, 3.63) is 57.9 Å². The molecule has 1 amide bonds. The second-order valence-electron chi connectivity index (χ2n) is 7.91. The molecular weight excluding hydrogens is 362 g/mol. The monoisotopic (exact) mass is 387 g/mol. The standard InChI is InChI=1S/C23H25N5O/c1-13-6-5-7-14(2)19(13)10-25-22-21-18(15(3)16(4)26-21)8-20(27-22)23(29)28-11-17(9-24)12-28/h5-8,17,26H,10-12H2,1-4H3,(H,25,27). The van der Waals surface area contributed by atoms with Gasteiger partial charge in [0.05, 0.1) is 17.5 Å². The highest BCUT2D eigenvalue weighted by Gasteiger charge is 2.32. The molecule has 148 valence electrons. The van der Waals surface area contributed by atoms with Crippen molar-refractivity contribution in [1.29, 1.82) is 5.26 Å². The number of hydrogen-bond donors (Lipinski definition) is 2. The van der Waals surface area contributed by atoms with Crippen molar-refractivity contribution in [2.24, 2.45) is 5.92 Å². The van der Waals surface area contributed by atoms with Crippen molar-refractivity contribution in [3.8, 4) is 6.07 Å². The van der Waals surface area contributed by atoms with Crippen molar-refractivity contribution in [3.63, 3.8) is 0 Å². The first-order chi connectivity index (χ1) is 13.9. The number of H-pyrrole nitrogens is 1. The molecule has 2 N–H and O–H groups in total. The maximum atomic E-state index is 12.9. The van der Waals surface area contributed by atoms with E-state index in [1.54, 1.807) is 4.90 Å². The predicted octanol–water partition coefficient (Wildman–Crippen LogP) is 4.00. The molecule has 0 saturated carbocycles. The zero-order valence-electron chi connectivity index (χ0n) is 17.3. The number of nitrogens with zero attached hydrogens (tertiary/aromatic N) is 3. The van der Waals surface area contributed by atoms with Gasteiger partial charge in [0.2, 0.25) is 0 Å². The SMILES string of the molecule is Cc1cccc(C)c1CNc1nc(C(=O)N2CC(C#N)C2)cc2c(C)c(C)[nH]c12. The van der Waals surface area contributed by atoms with Crippen molar-refractivity contribution >= 4 is 22.6 Å². The van der Waals surface area contributed by atoms with Crippen LogP contribution in [-0.2, 0) is 6.54 Å². The molecule has 0 atom stereocenters. The lowest BCUT2D eigenvalue weighted by Gasteiger charge is -2.35. The molecule has 0 bridgehead atoms. The third-order valence-electron chi connectivity index (χ3n) is 5.95. The van der Waals surface area contributed by atoms with E-state index in [1.165, 1.54) is 16.7 Å². The van der Waals surface area contributed by atoms with Crippen molar-refractivity contribution in [2.45, 2.75) is 34.2 Å². The van der Waals surface area contributed by atoms with Gasteiger partial charge in [-0.15, -0.1) is 0 Å². The van der Waals surface area contributed by atoms with Crippen molar-refractivity contribution in [2.75, 3.05) is 18.4 Å². The fourth-order valence-electron chi connectivity index (χ4n) is 3.88. The maximum absolute atomic E-state index is 12.9. The molecule has 0 radical (unpaired) electrons. The Morgan fingerprint density at radius 2 is 1.97 bits per heavy atom. The fourth-order valence-corrected chi connectivity index (χ4v) is 3.88. The highest BCUT2D eigenvalue weighted by atomic mass is 16.2. The first-order valence-electron chi connectivity index (χ1n) is 9.86. The quantitative estimate of drug-likeness (QED) is 0.708. The highest BCUT2D eigenvalue weighted by molar-refractivity contribution is 6.01. The number of nitriles is 1. The summed E-state index contributed by atoms with van der Waals surface area (Å²) in [5, 5.41) is 13.4. The van der Waals surface area contributed by atoms with Crippen LogP contribution in [0.1, 0.15) is 38.4 Å². The Kier molecular flexibility index (Phi) is 4.75. The molecule has 1 aliphatic rings. The van der Waals surface area contributed by atoms with Gasteiger partial charge in [0, 0.05) is 30.7 Å². The Bertz CT molecular complexity index is 1130. The molecule has 1 saturated heterocycles. The van der Waals surface area contributed by atoms with Crippen molar-refractivity contribution < 1.29 is 4.79 Å². The Morgan fingerprint density at radius 3 is 2.62 bits per heavy atom. The maximum Gasteiger partial charge on any atom is 0.272 e. The van der Waals surface area contributed by atoms with Crippen LogP contribution < -0.4 is 5.32 Å². The van der Waals surface area contributed by atoms with Gasteiger partial charge in [0.15, 0.2) is 5.82 Å². The zero-order chi connectivity index (χ0) is 20.7. The van der Waals surface area contributed by atoms with Crippen LogP contribution in [0.2, 0.25) is 0 Å². The van der Waals surface area contributed by atoms with E-state index in [2.05, 4.69) is 53.4 Å². The summed E-state index contributed by atoms with van der Waals surface area (Å²) in [5.41, 5.74) is 7.20. The number of aromatic nitrogens is 2. The number of carbonyl (C=O) groups is 1. The van der Waals surface area contributed by atoms with Crippen LogP contribution >= 0.6 is 0 Å². The first-order valence-corrected chi connectivity index (χ1v) is 9.86. The Hall–Kier alpha value is -3.33. The number of benzene rings is 1. The summed E-state index contributed by atoms with van der Waals surface area (Å²) in [6.45, 7) is 9.87. The van der Waals surface area contributed by atoms with E-state index in [0.717, 1.165) is 22.2 Å². The summed E-state index contributed by atoms with van der Waals surface area (Å²) in [6.07, 6.45) is 0. The molecule has 6 nitrogen and oxygen atoms in total. The van der Waals surface area contributed by atoms with Gasteiger partial charge in [0.25, 0.3) is 5.91 Å². The van der Waals surface area contributed by atoms with Crippen LogP contribution in [0.25, 0.3) is 10.9 Å². The lowest BCUT2D eigenvalue weighted by Crippen LogP contribution is -2.49. The summed E-state index contributed by atoms with van der Waals surface area (Å²) in [5.74, 6) is 0.495. The second kappa shape index (κ2) is 7.25. The number of carbonyl (C=O) groups excluding carboxylic acids is 1. The van der Waals surface area contributed by atoms with Gasteiger partial charge in [-0.2, -0.15) is 5.26 Å². The fraction of sp³-hybridized carbons (Fsp3) is 0.348. The van der Waals surface area contributed by atoms with Gasteiger partial charge in [-0.05, 0) is 56.0 Å². The van der Waals surface area contributed by atoms with Crippen LogP contribution in [0.5, 0.6) is 0 Å². The van der Waals surface area contributed by atoms with E-state index in [4.69, 9.17) is 5.26 Å². The number of pyridine rings is 1. The van der Waals surface area contributed by atoms with Gasteiger partial charge in [-0.1, -0.05) is 18.2 Å². The third-order valence-corrected chi connectivity index (χ3v) is 5.95. The van der Waals surface area contributed by atoms with Gasteiger partial charge >= 0.3 is 0 Å². The number of aromatic amines is 1. The summed E-state index contributed by atoms with van der Waals surface area (Å²) in [7, 11) is 0. The third kappa shape index (κ3) is 3.33. The first kappa shape index (κ1) is 19.0. The molecule has 4 rings (SSSR count). The van der Waals surface area contributed by atoms with Crippen LogP contribution in [-0.4, -0.2) is 33.9 Å². The van der Waals surface area contributed by atoms with E-state index in [9.17, 15) is 4.79 Å². The Labute approximate surface area is 170 Å². The number of anilines is 1. The molecule has 0 aliphatic carbocycles. The number of likely N-dealkylation sites (tertiary alicyclic amines) is 1. The molecule has 29 heavy (non-hydrogen) atoms. The largest absolute Gasteiger partial charge is 0.364 e. The van der Waals surface area contributed by atoms with Crippen molar-refractivity contribution in [1.82, 2.24) is 14.9 Å². The van der Waals surface area contributed by atoms with Gasteiger partial charge in [-0.25, -0.2) is 4.98 Å². The zero-order valence-corrected chi connectivity index (χ0v) is 17.3. The normalized spacial score (nSPS) is 14.0. The van der Waals surface area contributed by atoms with Crippen LogP contribution in [0.4, 0.5) is 5.82 Å². The average Bonchev–Trinajstić information content (AvgIpc) is 2.95. The number of rotatable bonds is 4. The minimum absolute atomic E-state index is 0.0689. The van der Waals surface area contributed by atoms with Gasteiger partial charge in [-0.3, -0.25) is 4.79 Å². The number of hydrogen-bond acceptors (Lipinski definition) is 4. The topological polar surface area (TPSA) is 84.8 Å². The van der Waals surface area contributed by atoms with E-state index < -0.39 is 0 Å². The Balaban J connectivity index is 1.69. The molecule has 0 unspecified atom stereocenters. The smallest absolute Gasteiger partial charge is 0.272 e. The molecule has 1 fully saturated rings. The molecule has 2 aromatic heterocycles. The molecule has 0 spiro atoms. The average molecular weight is 387 g/mol. The molecule has 1 aliphatic heterocycles. The van der Waals surface area contributed by atoms with E-state index in [-0.39, 0.29) is 11.8 Å². The number of amides is 1. The van der Waals surface area contributed by atoms with E-state index >= 15 is 0 Å². The minimum atomic E-state index is -0.119. The predicted molar refractivity (Wildman–Crippen MR) is 114 cm³/mol. The van der Waals surface area contributed by atoms with Gasteiger partial charge in [0.1, 0.15) is 5.69 Å². The van der Waals surface area contributed by atoms with Crippen LogP contribution in [0.3, 0.4) is 0 Å². The van der Waals surface area contributed by atoms with E-state index in [0.29, 0.717) is 31.1 Å². The van der Waals surface area contributed by atoms with E-state index in [1.807, 2.05) is 19.9 Å². The van der Waals surface area contributed by atoms with Crippen LogP contribution in [0.15, 0.2) is 24.3 Å². The number of nitrogens with one attached hydrogen (secondary N) is 2. The second-order valence-corrected chi connectivity index (χ2v) is 7.91. The summed E-state index contributed by atoms with van der Waals surface area (Å²) in [6, 6.07) is 10.3. The summed E-state index contributed by atoms with van der Waals surface area (Å²) >= 11 is 0. The number of aryl methyl sites for hydroxylation is 4. The Morgan fingerprint density at radius 1 is 1.28 bits per heavy atom. The minimum Gasteiger partial charge on any atom is -0.364 e. The summed E-state index contributed by atoms with van der Waals surface area (Å²) < 4.78 is 0. The van der Waals surface area contributed by atoms with Crippen LogP contribution in [0, 0.1) is 44.9 Å². The lowest BCUT2D eigenvalue weighted by atomic mass is 10.0. The lowest BCUT2D eigenvalue weighted by molar-refractivity contribution is 0.0571. The molecule has 3 heterocycles. The number of fused-ring (bicyclic) bond motifs is 1.